The third kappa shape index (κ3) is 2.31. The van der Waals surface area contributed by atoms with Crippen LogP contribution in [0.5, 0.6) is 0 Å². The topological polar surface area (TPSA) is 51.8 Å². The molecule has 5 heteroatoms. The Balaban J connectivity index is 2.77. The molecule has 0 aliphatic carbocycles. The van der Waals surface area contributed by atoms with E-state index in [0.717, 1.165) is 0 Å². The highest BCUT2D eigenvalue weighted by Gasteiger charge is 2.24. The number of furan rings is 1. The van der Waals surface area contributed by atoms with Gasteiger partial charge in [-0.05, 0) is 22.0 Å². The molecule has 0 fully saturated rings. The average Bonchev–Trinajstić information content (AvgIpc) is 2.53. The van der Waals surface area contributed by atoms with Gasteiger partial charge in [-0.2, -0.15) is 0 Å². The largest absolute Gasteiger partial charge is 0.465 e. The predicted molar refractivity (Wildman–Crippen MR) is 49.2 cm³/mol. The maximum Gasteiger partial charge on any atom is 0.190 e. The van der Waals surface area contributed by atoms with Gasteiger partial charge in [0.25, 0.3) is 0 Å². The van der Waals surface area contributed by atoms with E-state index in [1.54, 1.807) is 6.07 Å². The van der Waals surface area contributed by atoms with Gasteiger partial charge in [-0.3, -0.25) is 0 Å². The van der Waals surface area contributed by atoms with E-state index >= 15 is 0 Å². The molecule has 1 heterocycles. The van der Waals surface area contributed by atoms with Crippen LogP contribution < -0.4 is 0 Å². The second-order valence-corrected chi connectivity index (χ2v) is 3.27. The van der Waals surface area contributed by atoms with Gasteiger partial charge >= 0.3 is 0 Å². The molecule has 1 unspecified atom stereocenters. The Morgan fingerprint density at radius 2 is 2.08 bits per heavy atom. The first kappa shape index (κ1) is 10.7. The first-order valence-corrected chi connectivity index (χ1v) is 4.46. The summed E-state index contributed by atoms with van der Waals surface area (Å²) in [6, 6.07) is 1.70. The summed E-state index contributed by atoms with van der Waals surface area (Å²) in [5.41, 5.74) is 0. The van der Waals surface area contributed by atoms with Crippen LogP contribution in [-0.4, -0.2) is 25.6 Å². The first-order valence-electron chi connectivity index (χ1n) is 3.67. The molecule has 0 spiro atoms. The van der Waals surface area contributed by atoms with E-state index in [2.05, 4.69) is 15.9 Å². The summed E-state index contributed by atoms with van der Waals surface area (Å²) >= 11 is 3.23. The quantitative estimate of drug-likeness (QED) is 0.827. The Morgan fingerprint density at radius 3 is 2.46 bits per heavy atom. The van der Waals surface area contributed by atoms with Crippen LogP contribution in [0.1, 0.15) is 11.9 Å². The Hall–Kier alpha value is -0.360. The van der Waals surface area contributed by atoms with Crippen LogP contribution in [0.4, 0.5) is 0 Å². The summed E-state index contributed by atoms with van der Waals surface area (Å²) in [5, 5.41) is 9.68. The lowest BCUT2D eigenvalue weighted by Crippen LogP contribution is -2.22. The molecule has 0 radical (unpaired) electrons. The van der Waals surface area contributed by atoms with Crippen molar-refractivity contribution in [1.82, 2.24) is 0 Å². The first-order chi connectivity index (χ1) is 6.20. The standard InChI is InChI=1S/C8H11BrO4/c1-11-8(12-2)6(10)7-5(9)3-4-13-7/h3-4,6,8,10H,1-2H3. The maximum absolute atomic E-state index is 9.68. The molecular formula is C8H11BrO4. The van der Waals surface area contributed by atoms with Crippen LogP contribution in [0.25, 0.3) is 0 Å². The molecule has 1 aromatic heterocycles. The molecule has 0 aliphatic rings. The number of halogens is 1. The highest BCUT2D eigenvalue weighted by molar-refractivity contribution is 9.10. The summed E-state index contributed by atoms with van der Waals surface area (Å²) < 4.78 is 15.5. The molecule has 0 aromatic carbocycles. The van der Waals surface area contributed by atoms with Crippen LogP contribution in [0.2, 0.25) is 0 Å². The Labute approximate surface area is 84.6 Å². The fraction of sp³-hybridized carbons (Fsp3) is 0.500. The van der Waals surface area contributed by atoms with Crippen molar-refractivity contribution >= 4 is 15.9 Å². The predicted octanol–water partition coefficient (Wildman–Crippen LogP) is 1.69. The highest BCUT2D eigenvalue weighted by atomic mass is 79.9. The van der Waals surface area contributed by atoms with E-state index in [4.69, 9.17) is 13.9 Å². The SMILES string of the molecule is COC(OC)C(O)c1occc1Br. The molecule has 4 nitrogen and oxygen atoms in total. The number of ether oxygens (including phenoxy) is 2. The minimum Gasteiger partial charge on any atom is -0.465 e. The normalized spacial score (nSPS) is 13.6. The molecule has 74 valence electrons. The molecule has 1 rings (SSSR count). The summed E-state index contributed by atoms with van der Waals surface area (Å²) in [4.78, 5) is 0. The van der Waals surface area contributed by atoms with E-state index in [1.165, 1.54) is 20.5 Å². The van der Waals surface area contributed by atoms with Gasteiger partial charge in [0.2, 0.25) is 0 Å². The van der Waals surface area contributed by atoms with E-state index in [1.807, 2.05) is 0 Å². The second-order valence-electron chi connectivity index (χ2n) is 2.42. The number of hydrogen-bond acceptors (Lipinski definition) is 4. The van der Waals surface area contributed by atoms with Gasteiger partial charge in [-0.1, -0.05) is 0 Å². The zero-order valence-corrected chi connectivity index (χ0v) is 8.95. The number of rotatable bonds is 4. The van der Waals surface area contributed by atoms with Crippen LogP contribution in [0, 0.1) is 0 Å². The third-order valence-corrected chi connectivity index (χ3v) is 2.29. The Bertz CT molecular complexity index is 256. The molecule has 1 atom stereocenters. The minimum atomic E-state index is -0.931. The monoisotopic (exact) mass is 250 g/mol. The van der Waals surface area contributed by atoms with Gasteiger partial charge in [0.15, 0.2) is 18.2 Å². The average molecular weight is 251 g/mol. The van der Waals surface area contributed by atoms with Crippen LogP contribution in [0.3, 0.4) is 0 Å². The smallest absolute Gasteiger partial charge is 0.190 e. The molecule has 0 bridgehead atoms. The lowest BCUT2D eigenvalue weighted by molar-refractivity contribution is -0.171. The van der Waals surface area contributed by atoms with Gasteiger partial charge in [-0.15, -0.1) is 0 Å². The lowest BCUT2D eigenvalue weighted by atomic mass is 10.2. The van der Waals surface area contributed by atoms with Gasteiger partial charge in [0.05, 0.1) is 10.7 Å². The molecule has 0 saturated carbocycles. The van der Waals surface area contributed by atoms with Gasteiger partial charge < -0.3 is 19.0 Å². The lowest BCUT2D eigenvalue weighted by Gasteiger charge is -2.18. The van der Waals surface area contributed by atoms with E-state index in [0.29, 0.717) is 10.2 Å². The van der Waals surface area contributed by atoms with Crippen molar-refractivity contribution in [2.75, 3.05) is 14.2 Å². The van der Waals surface area contributed by atoms with Gasteiger partial charge in [0.1, 0.15) is 0 Å². The molecule has 13 heavy (non-hydrogen) atoms. The zero-order valence-electron chi connectivity index (χ0n) is 7.36. The van der Waals surface area contributed by atoms with Crippen molar-refractivity contribution in [3.05, 3.63) is 22.6 Å². The van der Waals surface area contributed by atoms with Crippen molar-refractivity contribution in [2.45, 2.75) is 12.4 Å². The van der Waals surface area contributed by atoms with Crippen molar-refractivity contribution in [2.24, 2.45) is 0 Å². The van der Waals surface area contributed by atoms with Gasteiger partial charge in [0, 0.05) is 14.2 Å². The number of aliphatic hydroxyl groups is 1. The number of aliphatic hydroxyl groups excluding tert-OH is 1. The van der Waals surface area contributed by atoms with Crippen molar-refractivity contribution in [3.63, 3.8) is 0 Å². The fourth-order valence-corrected chi connectivity index (χ4v) is 1.43. The molecule has 0 aliphatic heterocycles. The van der Waals surface area contributed by atoms with E-state index in [-0.39, 0.29) is 0 Å². The molecule has 0 saturated heterocycles. The second kappa shape index (κ2) is 4.76. The van der Waals surface area contributed by atoms with Crippen molar-refractivity contribution in [1.29, 1.82) is 0 Å². The summed E-state index contributed by atoms with van der Waals surface area (Å²) in [6.45, 7) is 0. The Morgan fingerprint density at radius 1 is 1.46 bits per heavy atom. The highest BCUT2D eigenvalue weighted by Crippen LogP contribution is 2.27. The molecule has 0 amide bonds. The van der Waals surface area contributed by atoms with Gasteiger partial charge in [-0.25, -0.2) is 0 Å². The summed E-state index contributed by atoms with van der Waals surface area (Å²) in [6.07, 6.45) is -0.174. The van der Waals surface area contributed by atoms with Crippen LogP contribution in [0.15, 0.2) is 21.2 Å². The van der Waals surface area contributed by atoms with Crippen LogP contribution >= 0.6 is 15.9 Å². The van der Waals surface area contributed by atoms with Crippen molar-refractivity contribution in [3.8, 4) is 0 Å². The van der Waals surface area contributed by atoms with Crippen LogP contribution in [-0.2, 0) is 9.47 Å². The molecular weight excluding hydrogens is 240 g/mol. The maximum atomic E-state index is 9.68. The van der Waals surface area contributed by atoms with E-state index < -0.39 is 12.4 Å². The number of hydrogen-bond donors (Lipinski definition) is 1. The fourth-order valence-electron chi connectivity index (χ4n) is 0.994. The minimum absolute atomic E-state index is 0.397. The third-order valence-electron chi connectivity index (χ3n) is 1.64. The summed E-state index contributed by atoms with van der Waals surface area (Å²) in [7, 11) is 2.91. The summed E-state index contributed by atoms with van der Waals surface area (Å²) in [5.74, 6) is 0.397. The zero-order chi connectivity index (χ0) is 9.84. The Kier molecular flexibility index (Phi) is 3.92. The number of methoxy groups -OCH3 is 2. The van der Waals surface area contributed by atoms with E-state index in [9.17, 15) is 5.11 Å². The van der Waals surface area contributed by atoms with Crippen molar-refractivity contribution < 1.29 is 19.0 Å². The molecule has 1 aromatic rings. The molecule has 1 N–H and O–H groups in total.